The van der Waals surface area contributed by atoms with Crippen LogP contribution in [0, 0.1) is 12.7 Å². The van der Waals surface area contributed by atoms with Crippen LogP contribution in [0.3, 0.4) is 0 Å². The highest BCUT2D eigenvalue weighted by Crippen LogP contribution is 2.23. The highest BCUT2D eigenvalue weighted by Gasteiger charge is 2.25. The second-order valence-electron chi connectivity index (χ2n) is 7.82. The van der Waals surface area contributed by atoms with E-state index in [0.29, 0.717) is 25.4 Å². The Kier molecular flexibility index (Phi) is 6.99. The Balaban J connectivity index is 1.42. The van der Waals surface area contributed by atoms with Crippen molar-refractivity contribution in [3.63, 3.8) is 0 Å². The molecule has 0 radical (unpaired) electrons. The number of thiophene rings is 1. The number of halogens is 1. The molecule has 0 aliphatic carbocycles. The number of carbonyl (C=O) groups excluding carboxylic acids is 1. The standard InChI is InChI=1S/C25H26FNO3S/c1-18-11-13-31-24(18)25(28)27(16-23-6-3-12-29-23)15-19-7-9-22(10-8-19)30-17-20-4-2-5-21(26)14-20/h2,4-5,7-11,13-14,23H,3,6,12,15-17H2,1H3. The maximum Gasteiger partial charge on any atom is 0.264 e. The molecule has 4 nitrogen and oxygen atoms in total. The Hall–Kier alpha value is -2.70. The van der Waals surface area contributed by atoms with E-state index in [2.05, 4.69) is 0 Å². The van der Waals surface area contributed by atoms with Gasteiger partial charge < -0.3 is 14.4 Å². The molecular formula is C25H26FNO3S. The summed E-state index contributed by atoms with van der Waals surface area (Å²) in [4.78, 5) is 15.9. The molecule has 1 amide bonds. The number of hydrogen-bond donors (Lipinski definition) is 0. The fraction of sp³-hybridized carbons (Fsp3) is 0.320. The Morgan fingerprint density at radius 2 is 2.03 bits per heavy atom. The molecule has 31 heavy (non-hydrogen) atoms. The number of amides is 1. The van der Waals surface area contributed by atoms with E-state index in [-0.39, 0.29) is 17.8 Å². The van der Waals surface area contributed by atoms with Gasteiger partial charge in [-0.2, -0.15) is 0 Å². The topological polar surface area (TPSA) is 38.8 Å². The van der Waals surface area contributed by atoms with Crippen LogP contribution in [0.15, 0.2) is 60.0 Å². The predicted octanol–water partition coefficient (Wildman–Crippen LogP) is 5.60. The number of rotatable bonds is 8. The van der Waals surface area contributed by atoms with E-state index in [4.69, 9.17) is 9.47 Å². The van der Waals surface area contributed by atoms with Crippen LogP contribution in [-0.2, 0) is 17.9 Å². The van der Waals surface area contributed by atoms with Gasteiger partial charge in [0.15, 0.2) is 0 Å². The van der Waals surface area contributed by atoms with Crippen molar-refractivity contribution in [1.29, 1.82) is 0 Å². The molecule has 1 saturated heterocycles. The summed E-state index contributed by atoms with van der Waals surface area (Å²) in [5, 5.41) is 1.96. The molecule has 6 heteroatoms. The van der Waals surface area contributed by atoms with Crippen LogP contribution < -0.4 is 4.74 Å². The van der Waals surface area contributed by atoms with Gasteiger partial charge in [0.1, 0.15) is 18.2 Å². The predicted molar refractivity (Wildman–Crippen MR) is 120 cm³/mol. The maximum absolute atomic E-state index is 13.3. The lowest BCUT2D eigenvalue weighted by molar-refractivity contribution is 0.0510. The molecule has 162 valence electrons. The van der Waals surface area contributed by atoms with Gasteiger partial charge in [-0.25, -0.2) is 4.39 Å². The van der Waals surface area contributed by atoms with Crippen LogP contribution in [0.2, 0.25) is 0 Å². The molecule has 1 aliphatic heterocycles. The summed E-state index contributed by atoms with van der Waals surface area (Å²) in [6, 6.07) is 16.1. The first-order chi connectivity index (χ1) is 15.1. The Labute approximate surface area is 186 Å². The zero-order valence-corrected chi connectivity index (χ0v) is 18.4. The molecular weight excluding hydrogens is 413 g/mol. The van der Waals surface area contributed by atoms with Crippen LogP contribution in [0.1, 0.15) is 39.2 Å². The lowest BCUT2D eigenvalue weighted by Gasteiger charge is -2.25. The largest absolute Gasteiger partial charge is 0.489 e. The molecule has 0 spiro atoms. The van der Waals surface area contributed by atoms with Gasteiger partial charge in [-0.1, -0.05) is 24.3 Å². The normalized spacial score (nSPS) is 15.7. The number of carbonyl (C=O) groups is 1. The van der Waals surface area contributed by atoms with Gasteiger partial charge in [0.05, 0.1) is 11.0 Å². The summed E-state index contributed by atoms with van der Waals surface area (Å²) in [6.07, 6.45) is 2.13. The molecule has 2 heterocycles. The molecule has 0 N–H and O–H groups in total. The van der Waals surface area contributed by atoms with E-state index in [9.17, 15) is 9.18 Å². The molecule has 0 saturated carbocycles. The molecule has 1 aliphatic rings. The summed E-state index contributed by atoms with van der Waals surface area (Å²) in [6.45, 7) is 4.15. The minimum absolute atomic E-state index is 0.0504. The van der Waals surface area contributed by atoms with Crippen LogP contribution in [-0.4, -0.2) is 30.1 Å². The molecule has 1 atom stereocenters. The number of aryl methyl sites for hydroxylation is 1. The molecule has 1 unspecified atom stereocenters. The summed E-state index contributed by atoms with van der Waals surface area (Å²) in [5.41, 5.74) is 2.82. The van der Waals surface area contributed by atoms with Crippen molar-refractivity contribution in [2.24, 2.45) is 0 Å². The first-order valence-corrected chi connectivity index (χ1v) is 11.4. The monoisotopic (exact) mass is 439 g/mol. The van der Waals surface area contributed by atoms with Crippen molar-refractivity contribution in [3.05, 3.63) is 87.4 Å². The first kappa shape index (κ1) is 21.5. The highest BCUT2D eigenvalue weighted by molar-refractivity contribution is 7.12. The smallest absolute Gasteiger partial charge is 0.264 e. The fourth-order valence-electron chi connectivity index (χ4n) is 3.69. The second kappa shape index (κ2) is 10.1. The van der Waals surface area contributed by atoms with Gasteiger partial charge in [0, 0.05) is 19.7 Å². The molecule has 0 bridgehead atoms. The van der Waals surface area contributed by atoms with Crippen molar-refractivity contribution in [2.75, 3.05) is 13.2 Å². The fourth-order valence-corrected chi connectivity index (χ4v) is 4.59. The van der Waals surface area contributed by atoms with E-state index in [1.165, 1.54) is 23.5 Å². The quantitative estimate of drug-likeness (QED) is 0.459. The average Bonchev–Trinajstić information content (AvgIpc) is 3.44. The van der Waals surface area contributed by atoms with Crippen molar-refractivity contribution in [2.45, 2.75) is 39.0 Å². The summed E-state index contributed by atoms with van der Waals surface area (Å²) >= 11 is 1.48. The lowest BCUT2D eigenvalue weighted by atomic mass is 10.1. The number of nitrogens with zero attached hydrogens (tertiary/aromatic N) is 1. The SMILES string of the molecule is Cc1ccsc1C(=O)N(Cc1ccc(OCc2cccc(F)c2)cc1)CC1CCCO1. The zero-order valence-electron chi connectivity index (χ0n) is 17.6. The summed E-state index contributed by atoms with van der Waals surface area (Å²) in [5.74, 6) is 0.488. The number of ether oxygens (including phenoxy) is 2. The second-order valence-corrected chi connectivity index (χ2v) is 8.73. The van der Waals surface area contributed by atoms with E-state index in [1.54, 1.807) is 6.07 Å². The van der Waals surface area contributed by atoms with Crippen LogP contribution in [0.4, 0.5) is 4.39 Å². The third-order valence-electron chi connectivity index (χ3n) is 5.38. The van der Waals surface area contributed by atoms with Crippen LogP contribution in [0.25, 0.3) is 0 Å². The van der Waals surface area contributed by atoms with Gasteiger partial charge in [-0.05, 0) is 72.2 Å². The Morgan fingerprint density at radius 1 is 1.19 bits per heavy atom. The zero-order chi connectivity index (χ0) is 21.6. The van der Waals surface area contributed by atoms with Gasteiger partial charge in [-0.3, -0.25) is 4.79 Å². The van der Waals surface area contributed by atoms with Gasteiger partial charge in [-0.15, -0.1) is 11.3 Å². The summed E-state index contributed by atoms with van der Waals surface area (Å²) in [7, 11) is 0. The minimum Gasteiger partial charge on any atom is -0.489 e. The van der Waals surface area contributed by atoms with E-state index < -0.39 is 0 Å². The number of hydrogen-bond acceptors (Lipinski definition) is 4. The van der Waals surface area contributed by atoms with E-state index in [0.717, 1.165) is 41.0 Å². The van der Waals surface area contributed by atoms with Gasteiger partial charge in [0.25, 0.3) is 5.91 Å². The van der Waals surface area contributed by atoms with Crippen molar-refractivity contribution < 1.29 is 18.7 Å². The lowest BCUT2D eigenvalue weighted by Crippen LogP contribution is -2.36. The first-order valence-electron chi connectivity index (χ1n) is 10.5. The van der Waals surface area contributed by atoms with Gasteiger partial charge in [0.2, 0.25) is 0 Å². The van der Waals surface area contributed by atoms with Crippen molar-refractivity contribution in [1.82, 2.24) is 4.90 Å². The Morgan fingerprint density at radius 3 is 2.71 bits per heavy atom. The third-order valence-corrected chi connectivity index (χ3v) is 6.39. The van der Waals surface area contributed by atoms with Crippen molar-refractivity contribution >= 4 is 17.2 Å². The number of benzene rings is 2. The van der Waals surface area contributed by atoms with Crippen LogP contribution >= 0.6 is 11.3 Å². The molecule has 3 aromatic rings. The van der Waals surface area contributed by atoms with Gasteiger partial charge >= 0.3 is 0 Å². The molecule has 1 aromatic heterocycles. The van der Waals surface area contributed by atoms with Crippen molar-refractivity contribution in [3.8, 4) is 5.75 Å². The third kappa shape index (κ3) is 5.71. The van der Waals surface area contributed by atoms with E-state index in [1.807, 2.05) is 53.6 Å². The van der Waals surface area contributed by atoms with E-state index >= 15 is 0 Å². The minimum atomic E-state index is -0.270. The molecule has 2 aromatic carbocycles. The molecule has 1 fully saturated rings. The average molecular weight is 440 g/mol. The molecule has 4 rings (SSSR count). The highest BCUT2D eigenvalue weighted by atomic mass is 32.1. The maximum atomic E-state index is 13.3. The summed E-state index contributed by atoms with van der Waals surface area (Å²) < 4.78 is 24.9. The van der Waals surface area contributed by atoms with Crippen LogP contribution in [0.5, 0.6) is 5.75 Å². The Bertz CT molecular complexity index is 1010.